The molecule has 75 heavy (non-hydrogen) atoms. The number of carbonyl (C=O) groups excluding carboxylic acids is 2. The van der Waals surface area contributed by atoms with Crippen molar-refractivity contribution < 1.29 is 19.1 Å². The van der Waals surface area contributed by atoms with Crippen LogP contribution in [0.25, 0.3) is 0 Å². The van der Waals surface area contributed by atoms with E-state index in [-0.39, 0.29) is 0 Å². The molecule has 0 saturated carbocycles. The molecule has 410 valence electrons. The highest BCUT2D eigenvalue weighted by Crippen LogP contribution is 2.39. The number of carbonyl (C=O) groups is 2. The maximum Gasteiger partial charge on any atom is 0.347 e. The summed E-state index contributed by atoms with van der Waals surface area (Å²) >= 11 is 0. The van der Waals surface area contributed by atoms with Crippen LogP contribution in [-0.2, 0) is 19.1 Å². The van der Waals surface area contributed by atoms with Crippen molar-refractivity contribution in [2.45, 2.75) is 134 Å². The van der Waals surface area contributed by atoms with Crippen LogP contribution in [-0.4, -0.2) is 168 Å². The lowest BCUT2D eigenvalue weighted by atomic mass is 9.96. The standard InChI is InChI=1S/C28H43N5.C27H41N5.C6H8O4/c1-4-33(15-7-9-23-17-27(31(2)21-23)25-11-5-13-29-19-25)16-8-10-24-18-28(32(3)22-24)26-12-6-14-30-20-26;1-30(14-6-8-22-16-26(31(2)20-22)24-10-4-12-28-18-24)15-7-9-23-17-27(32(3)21-23)25-11-5-13-29-19-25;1-3-5(7)10-4(2)6(8)9-3/h5-6,11-14,19-20,23-24,27-28H,4,7-10,15-18,21-22H2,1-3H3;4-5,10-13,18-19,22-23,26-27H,6-9,14-17,20-21H2,1-3H3;3-4H,1-2H3. The number of pyridine rings is 4. The second-order valence-corrected chi connectivity index (χ2v) is 22.8. The topological polar surface area (TPSA) is 124 Å². The first-order chi connectivity index (χ1) is 36.3. The van der Waals surface area contributed by atoms with Gasteiger partial charge in [-0.15, -0.1) is 0 Å². The van der Waals surface area contributed by atoms with E-state index < -0.39 is 24.1 Å². The Bertz CT molecular complexity index is 2090. The Balaban J connectivity index is 0.000000185. The van der Waals surface area contributed by atoms with Crippen LogP contribution in [0.3, 0.4) is 0 Å². The molecule has 4 aromatic heterocycles. The number of ether oxygens (including phenoxy) is 2. The summed E-state index contributed by atoms with van der Waals surface area (Å²) in [5.74, 6) is 2.31. The minimum Gasteiger partial charge on any atom is -0.448 e. The molecule has 5 saturated heterocycles. The van der Waals surface area contributed by atoms with Crippen LogP contribution in [0.5, 0.6) is 0 Å². The van der Waals surface area contributed by atoms with Crippen LogP contribution in [0.1, 0.15) is 144 Å². The molecule has 9 heterocycles. The third-order valence-corrected chi connectivity index (χ3v) is 17.0. The zero-order chi connectivity index (χ0) is 53.1. The van der Waals surface area contributed by atoms with Gasteiger partial charge in [0.2, 0.25) is 0 Å². The van der Waals surface area contributed by atoms with E-state index in [0.717, 1.165) is 23.7 Å². The molecule has 14 heteroatoms. The molecule has 9 rings (SSSR count). The highest BCUT2D eigenvalue weighted by molar-refractivity contribution is 5.86. The summed E-state index contributed by atoms with van der Waals surface area (Å²) in [6.45, 7) is 16.3. The van der Waals surface area contributed by atoms with Gasteiger partial charge in [-0.2, -0.15) is 0 Å². The highest BCUT2D eigenvalue weighted by atomic mass is 16.6. The van der Waals surface area contributed by atoms with Crippen LogP contribution in [0.15, 0.2) is 98.1 Å². The fourth-order valence-corrected chi connectivity index (χ4v) is 12.8. The molecule has 5 aliphatic rings. The number of rotatable bonds is 21. The first-order valence-corrected chi connectivity index (χ1v) is 28.6. The van der Waals surface area contributed by atoms with E-state index in [2.05, 4.69) is 150 Å². The summed E-state index contributed by atoms with van der Waals surface area (Å²) in [6.07, 6.45) is 29.9. The number of nitrogens with zero attached hydrogens (tertiary/aromatic N) is 10. The van der Waals surface area contributed by atoms with Gasteiger partial charge in [0.05, 0.1) is 0 Å². The number of hydrogen-bond acceptors (Lipinski definition) is 14. The van der Waals surface area contributed by atoms with Gasteiger partial charge in [0.1, 0.15) is 0 Å². The van der Waals surface area contributed by atoms with E-state index in [9.17, 15) is 9.59 Å². The lowest BCUT2D eigenvalue weighted by Crippen LogP contribution is -2.40. The molecule has 14 nitrogen and oxygen atoms in total. The smallest absolute Gasteiger partial charge is 0.347 e. The van der Waals surface area contributed by atoms with Crippen LogP contribution >= 0.6 is 0 Å². The maximum absolute atomic E-state index is 10.7. The number of likely N-dealkylation sites (tertiary alicyclic amines) is 4. The summed E-state index contributed by atoms with van der Waals surface area (Å²) in [6, 6.07) is 19.4. The number of aromatic nitrogens is 4. The Morgan fingerprint density at radius 3 is 1.01 bits per heavy atom. The molecule has 0 amide bonds. The Morgan fingerprint density at radius 1 is 0.480 bits per heavy atom. The zero-order valence-electron chi connectivity index (χ0n) is 47.0. The van der Waals surface area contributed by atoms with Gasteiger partial charge >= 0.3 is 11.9 Å². The molecule has 0 N–H and O–H groups in total. The van der Waals surface area contributed by atoms with Crippen molar-refractivity contribution in [1.29, 1.82) is 0 Å². The van der Waals surface area contributed by atoms with Crippen molar-refractivity contribution in [2.75, 3.05) is 94.1 Å². The third kappa shape index (κ3) is 17.7. The van der Waals surface area contributed by atoms with Crippen LogP contribution in [0, 0.1) is 23.7 Å². The summed E-state index contributed by atoms with van der Waals surface area (Å²) in [5, 5.41) is 0. The fourth-order valence-electron chi connectivity index (χ4n) is 12.8. The van der Waals surface area contributed by atoms with Gasteiger partial charge in [0, 0.05) is 99.9 Å². The molecule has 5 fully saturated rings. The number of hydrogen-bond donors (Lipinski definition) is 0. The molecule has 0 aliphatic carbocycles. The quantitative estimate of drug-likeness (QED) is 0.0736. The molecular weight excluding hydrogens is 937 g/mol. The van der Waals surface area contributed by atoms with Crippen LogP contribution in [0.4, 0.5) is 0 Å². The third-order valence-electron chi connectivity index (χ3n) is 17.0. The molecule has 0 bridgehead atoms. The maximum atomic E-state index is 10.7. The van der Waals surface area contributed by atoms with Gasteiger partial charge in [0.25, 0.3) is 0 Å². The minimum atomic E-state index is -0.747. The van der Waals surface area contributed by atoms with Crippen molar-refractivity contribution in [3.05, 3.63) is 120 Å². The zero-order valence-corrected chi connectivity index (χ0v) is 47.0. The van der Waals surface area contributed by atoms with Gasteiger partial charge in [-0.05, 0) is 229 Å². The van der Waals surface area contributed by atoms with E-state index in [1.54, 1.807) is 0 Å². The predicted molar refractivity (Wildman–Crippen MR) is 299 cm³/mol. The summed E-state index contributed by atoms with van der Waals surface area (Å²) in [7, 11) is 11.4. The van der Waals surface area contributed by atoms with Crippen molar-refractivity contribution >= 4 is 11.9 Å². The Labute approximate surface area is 451 Å². The van der Waals surface area contributed by atoms with Crippen molar-refractivity contribution in [3.63, 3.8) is 0 Å². The van der Waals surface area contributed by atoms with Crippen LogP contribution in [0.2, 0.25) is 0 Å². The summed E-state index contributed by atoms with van der Waals surface area (Å²) in [4.78, 5) is 53.9. The Kier molecular flexibility index (Phi) is 23.0. The van der Waals surface area contributed by atoms with Crippen molar-refractivity contribution in [1.82, 2.24) is 49.3 Å². The van der Waals surface area contributed by atoms with Crippen LogP contribution < -0.4 is 0 Å². The van der Waals surface area contributed by atoms with Crippen molar-refractivity contribution in [3.8, 4) is 0 Å². The average Bonchev–Trinajstić information content (AvgIpc) is 4.20. The monoisotopic (exact) mass is 1030 g/mol. The summed E-state index contributed by atoms with van der Waals surface area (Å²) < 4.78 is 9.19. The molecule has 5 aliphatic heterocycles. The van der Waals surface area contributed by atoms with E-state index in [4.69, 9.17) is 0 Å². The average molecular weight is 1030 g/mol. The van der Waals surface area contributed by atoms with Gasteiger partial charge in [0.15, 0.2) is 12.2 Å². The molecule has 10 unspecified atom stereocenters. The lowest BCUT2D eigenvalue weighted by molar-refractivity contribution is -0.191. The fraction of sp³-hybridized carbons (Fsp3) is 0.639. The van der Waals surface area contributed by atoms with Gasteiger partial charge in [-0.1, -0.05) is 31.2 Å². The second-order valence-electron chi connectivity index (χ2n) is 22.8. The van der Waals surface area contributed by atoms with E-state index in [1.807, 2.05) is 49.6 Å². The largest absolute Gasteiger partial charge is 0.448 e. The van der Waals surface area contributed by atoms with Gasteiger partial charge < -0.3 is 19.3 Å². The minimum absolute atomic E-state index is 0.480. The molecule has 0 spiro atoms. The highest BCUT2D eigenvalue weighted by Gasteiger charge is 2.35. The molecule has 10 atom stereocenters. The SMILES string of the molecule is CC1OC(=O)C(C)OC1=O.CCN(CCCC1CC(c2cccnc2)N(C)C1)CCCC1CC(c2cccnc2)N(C)C1.CN(CCCC1CC(c2cccnc2)N(C)C1)CCCC1CC(c2cccnc2)N(C)C1. The van der Waals surface area contributed by atoms with Gasteiger partial charge in [-0.3, -0.25) is 39.5 Å². The molecular formula is C61H92N10O4. The first kappa shape index (κ1) is 58.0. The van der Waals surface area contributed by atoms with Gasteiger partial charge in [-0.25, -0.2) is 9.59 Å². The van der Waals surface area contributed by atoms with E-state index in [0.29, 0.717) is 24.2 Å². The molecule has 0 aromatic carbocycles. The molecule has 0 radical (unpaired) electrons. The lowest BCUT2D eigenvalue weighted by Gasteiger charge is -2.22. The normalized spacial score (nSPS) is 27.5. The Morgan fingerprint density at radius 2 is 0.760 bits per heavy atom. The van der Waals surface area contributed by atoms with Crippen molar-refractivity contribution in [2.24, 2.45) is 23.7 Å². The second kappa shape index (κ2) is 29.7. The van der Waals surface area contributed by atoms with E-state index >= 15 is 0 Å². The number of esters is 2. The number of cyclic esters (lactones) is 2. The molecule has 4 aromatic rings. The van der Waals surface area contributed by atoms with E-state index in [1.165, 1.54) is 172 Å². The first-order valence-electron chi connectivity index (χ1n) is 28.6. The predicted octanol–water partition coefficient (Wildman–Crippen LogP) is 9.56. The Hall–Kier alpha value is -4.70. The summed E-state index contributed by atoms with van der Waals surface area (Å²) in [5.41, 5.74) is 5.50.